The lowest BCUT2D eigenvalue weighted by Crippen LogP contribution is -2.44. The minimum absolute atomic E-state index is 0.0163. The Bertz CT molecular complexity index is 1130. The summed E-state index contributed by atoms with van der Waals surface area (Å²) in [6.45, 7) is 1.96. The number of benzene rings is 1. The molecule has 1 aliphatic rings. The van der Waals surface area contributed by atoms with Gasteiger partial charge in [-0.25, -0.2) is 14.2 Å². The molecule has 130 valence electrons. The molecule has 4 N–H and O–H groups in total. The maximum atomic E-state index is 14.8. The Hall–Kier alpha value is -2.52. The molecule has 9 heteroatoms. The molecule has 1 fully saturated rings. The fourth-order valence-electron chi connectivity index (χ4n) is 3.17. The molecule has 7 nitrogen and oxygen atoms in total. The largest absolute Gasteiger partial charge is 0.350 e. The van der Waals surface area contributed by atoms with Gasteiger partial charge in [0, 0.05) is 23.5 Å². The zero-order valence-corrected chi connectivity index (χ0v) is 14.3. The zero-order valence-electron chi connectivity index (χ0n) is 13.5. The molecule has 0 atom stereocenters. The average Bonchev–Trinajstić information content (AvgIpc) is 3.31. The van der Waals surface area contributed by atoms with Crippen molar-refractivity contribution >= 4 is 22.2 Å². The number of nitrogens with zero attached hydrogens (tertiary/aromatic N) is 3. The van der Waals surface area contributed by atoms with Gasteiger partial charge in [0.25, 0.3) is 5.56 Å². The first-order valence-electron chi connectivity index (χ1n) is 7.84. The van der Waals surface area contributed by atoms with Crippen LogP contribution < -0.4 is 22.8 Å². The first-order valence-corrected chi connectivity index (χ1v) is 8.72. The molecule has 0 amide bonds. The predicted octanol–water partition coefficient (Wildman–Crippen LogP) is 1.24. The van der Waals surface area contributed by atoms with Crippen molar-refractivity contribution in [3.8, 4) is 11.3 Å². The van der Waals surface area contributed by atoms with E-state index in [0.717, 1.165) is 18.9 Å². The molecule has 1 aromatic carbocycles. The van der Waals surface area contributed by atoms with Crippen LogP contribution in [0, 0.1) is 12.7 Å². The summed E-state index contributed by atoms with van der Waals surface area (Å²) < 4.78 is 16.9. The lowest BCUT2D eigenvalue weighted by Gasteiger charge is -2.15. The van der Waals surface area contributed by atoms with Gasteiger partial charge in [0.1, 0.15) is 10.8 Å². The fraction of sp³-hybridized carbons (Fsp3) is 0.312. The summed E-state index contributed by atoms with van der Waals surface area (Å²) in [4.78, 5) is 29.2. The Morgan fingerprint density at radius 1 is 1.40 bits per heavy atom. The first-order chi connectivity index (χ1) is 11.9. The van der Waals surface area contributed by atoms with Crippen molar-refractivity contribution in [1.29, 1.82) is 0 Å². The van der Waals surface area contributed by atoms with Gasteiger partial charge in [-0.1, -0.05) is 0 Å². The van der Waals surface area contributed by atoms with Gasteiger partial charge in [-0.3, -0.25) is 9.36 Å². The summed E-state index contributed by atoms with van der Waals surface area (Å²) in [5, 5.41) is 2.51. The van der Waals surface area contributed by atoms with Crippen LogP contribution in [0.2, 0.25) is 0 Å². The zero-order chi connectivity index (χ0) is 17.9. The normalized spacial score (nSPS) is 14.4. The molecule has 2 heterocycles. The summed E-state index contributed by atoms with van der Waals surface area (Å²) in [7, 11) is 0. The van der Waals surface area contributed by atoms with Gasteiger partial charge in [0.05, 0.1) is 16.6 Å². The lowest BCUT2D eigenvalue weighted by molar-refractivity contribution is 0.626. The summed E-state index contributed by atoms with van der Waals surface area (Å²) >= 11 is 1.34. The van der Waals surface area contributed by atoms with Crippen molar-refractivity contribution in [1.82, 2.24) is 14.2 Å². The van der Waals surface area contributed by atoms with Crippen LogP contribution in [0.15, 0.2) is 21.0 Å². The molecule has 0 aliphatic heterocycles. The van der Waals surface area contributed by atoms with E-state index in [9.17, 15) is 14.0 Å². The number of nitrogen functional groups attached to an aromatic ring is 1. The Labute approximate surface area is 145 Å². The smallest absolute Gasteiger partial charge is 0.332 e. The molecule has 0 saturated heterocycles. The van der Waals surface area contributed by atoms with E-state index in [1.165, 1.54) is 15.9 Å². The highest BCUT2D eigenvalue weighted by molar-refractivity contribution is 7.09. The van der Waals surface area contributed by atoms with Crippen LogP contribution in [-0.4, -0.2) is 14.2 Å². The van der Waals surface area contributed by atoms with E-state index >= 15 is 0 Å². The van der Waals surface area contributed by atoms with E-state index < -0.39 is 17.1 Å². The minimum atomic E-state index is -0.702. The van der Waals surface area contributed by atoms with Crippen LogP contribution in [0.4, 0.5) is 4.39 Å². The number of hydrogen-bond acceptors (Lipinski definition) is 6. The average molecular weight is 361 g/mol. The maximum Gasteiger partial charge on any atom is 0.350 e. The lowest BCUT2D eigenvalue weighted by atomic mass is 10.0. The number of halogens is 1. The summed E-state index contributed by atoms with van der Waals surface area (Å²) in [6, 6.07) is 1.13. The number of thiazole rings is 1. The number of rotatable bonds is 3. The van der Waals surface area contributed by atoms with Crippen molar-refractivity contribution in [2.24, 2.45) is 5.73 Å². The second-order valence-corrected chi connectivity index (χ2v) is 7.09. The molecule has 3 aromatic rings. The number of nitrogens with two attached hydrogens (primary N) is 2. The van der Waals surface area contributed by atoms with Gasteiger partial charge in [0.15, 0.2) is 0 Å². The quantitative estimate of drug-likeness (QED) is 0.682. The monoisotopic (exact) mass is 361 g/mol. The van der Waals surface area contributed by atoms with Gasteiger partial charge in [0.2, 0.25) is 0 Å². The van der Waals surface area contributed by atoms with Crippen molar-refractivity contribution in [2.45, 2.75) is 32.4 Å². The highest BCUT2D eigenvalue weighted by Crippen LogP contribution is 2.38. The van der Waals surface area contributed by atoms with Gasteiger partial charge >= 0.3 is 5.69 Å². The summed E-state index contributed by atoms with van der Waals surface area (Å²) in [6.07, 6.45) is 1.65. The van der Waals surface area contributed by atoms with E-state index in [4.69, 9.17) is 11.6 Å². The van der Waals surface area contributed by atoms with Crippen LogP contribution in [-0.2, 0) is 6.54 Å². The minimum Gasteiger partial charge on any atom is -0.332 e. The topological polar surface area (TPSA) is 109 Å². The third kappa shape index (κ3) is 2.30. The Kier molecular flexibility index (Phi) is 3.51. The molecule has 2 aromatic heterocycles. The van der Waals surface area contributed by atoms with E-state index in [2.05, 4.69) is 4.98 Å². The Balaban J connectivity index is 2.14. The van der Waals surface area contributed by atoms with Crippen LogP contribution in [0.1, 0.15) is 29.5 Å². The molecule has 1 saturated carbocycles. The summed E-state index contributed by atoms with van der Waals surface area (Å²) in [5.41, 5.74) is 5.97. The van der Waals surface area contributed by atoms with Crippen molar-refractivity contribution in [2.75, 3.05) is 5.84 Å². The molecule has 1 aliphatic carbocycles. The van der Waals surface area contributed by atoms with Crippen molar-refractivity contribution in [3.63, 3.8) is 0 Å². The SMILES string of the molecule is Cc1c(-c2csc(CN)n2)c(F)cc2c(=O)n(N)c(=O)n(C3CC3)c12. The molecule has 0 unspecified atom stereocenters. The van der Waals surface area contributed by atoms with Crippen molar-refractivity contribution < 1.29 is 4.39 Å². The van der Waals surface area contributed by atoms with Gasteiger partial charge in [-0.2, -0.15) is 4.68 Å². The molecular weight excluding hydrogens is 345 g/mol. The fourth-order valence-corrected chi connectivity index (χ4v) is 3.84. The third-order valence-corrected chi connectivity index (χ3v) is 5.36. The van der Waals surface area contributed by atoms with Crippen molar-refractivity contribution in [3.05, 3.63) is 48.7 Å². The Morgan fingerprint density at radius 2 is 2.12 bits per heavy atom. The number of aryl methyl sites for hydroxylation is 1. The van der Waals surface area contributed by atoms with Gasteiger partial charge in [-0.15, -0.1) is 11.3 Å². The van der Waals surface area contributed by atoms with Crippen LogP contribution in [0.5, 0.6) is 0 Å². The van der Waals surface area contributed by atoms with Crippen LogP contribution in [0.3, 0.4) is 0 Å². The molecule has 0 bridgehead atoms. The van der Waals surface area contributed by atoms with E-state index in [0.29, 0.717) is 26.5 Å². The van der Waals surface area contributed by atoms with Gasteiger partial charge in [-0.05, 0) is 31.4 Å². The number of hydrogen-bond donors (Lipinski definition) is 2. The van der Waals surface area contributed by atoms with E-state index in [-0.39, 0.29) is 23.5 Å². The first kappa shape index (κ1) is 16.0. The predicted molar refractivity (Wildman–Crippen MR) is 94.6 cm³/mol. The second-order valence-electron chi connectivity index (χ2n) is 6.14. The van der Waals surface area contributed by atoms with E-state index in [1.54, 1.807) is 12.3 Å². The maximum absolute atomic E-state index is 14.8. The van der Waals surface area contributed by atoms with Gasteiger partial charge < -0.3 is 11.6 Å². The molecular formula is C16H16FN5O2S. The van der Waals surface area contributed by atoms with Crippen LogP contribution >= 0.6 is 11.3 Å². The highest BCUT2D eigenvalue weighted by atomic mass is 32.1. The molecule has 4 rings (SSSR count). The third-order valence-electron chi connectivity index (χ3n) is 4.49. The van der Waals surface area contributed by atoms with Crippen LogP contribution in [0.25, 0.3) is 22.2 Å². The standard InChI is InChI=1S/C16H16FN5O2S/c1-7-13(11-6-25-12(5-18)20-11)10(17)4-9-14(7)21(8-2-3-8)16(24)22(19)15(9)23/h4,6,8H,2-3,5,18-19H2,1H3. The Morgan fingerprint density at radius 3 is 2.72 bits per heavy atom. The summed E-state index contributed by atoms with van der Waals surface area (Å²) in [5.74, 6) is 5.04. The molecule has 25 heavy (non-hydrogen) atoms. The highest BCUT2D eigenvalue weighted by Gasteiger charge is 2.30. The number of aromatic nitrogens is 3. The van der Waals surface area contributed by atoms with E-state index in [1.807, 2.05) is 0 Å². The number of fused-ring (bicyclic) bond motifs is 1. The molecule has 0 spiro atoms. The molecule has 0 radical (unpaired) electrons. The second kappa shape index (κ2) is 5.50.